The predicted octanol–water partition coefficient (Wildman–Crippen LogP) is 1.50. The number of ketones is 2. The van der Waals surface area contributed by atoms with E-state index in [0.717, 1.165) is 0 Å². The molecule has 1 aliphatic carbocycles. The van der Waals surface area contributed by atoms with E-state index < -0.39 is 0 Å². The van der Waals surface area contributed by atoms with Gasteiger partial charge in [0.25, 0.3) is 0 Å². The zero-order valence-corrected chi connectivity index (χ0v) is 6.89. The lowest BCUT2D eigenvalue weighted by Gasteiger charge is -2.17. The van der Waals surface area contributed by atoms with Gasteiger partial charge in [0.05, 0.1) is 5.57 Å². The van der Waals surface area contributed by atoms with Crippen molar-refractivity contribution in [1.29, 1.82) is 0 Å². The zero-order chi connectivity index (χ0) is 8.43. The number of carbonyl (C=O) groups is 2. The second-order valence-electron chi connectivity index (χ2n) is 3.06. The summed E-state index contributed by atoms with van der Waals surface area (Å²) in [5, 5.41) is 0. The minimum atomic E-state index is 0.0104. The van der Waals surface area contributed by atoms with Gasteiger partial charge in [-0.15, -0.1) is 0 Å². The highest BCUT2D eigenvalue weighted by Gasteiger charge is 2.26. The van der Waals surface area contributed by atoms with Crippen LogP contribution in [0.25, 0.3) is 0 Å². The average Bonchev–Trinajstić information content (AvgIpc) is 1.85. The number of hydrogen-bond donors (Lipinski definition) is 0. The van der Waals surface area contributed by atoms with Crippen LogP contribution in [0.3, 0.4) is 0 Å². The lowest BCUT2D eigenvalue weighted by atomic mass is 9.85. The van der Waals surface area contributed by atoms with Gasteiger partial charge in [0.1, 0.15) is 0 Å². The summed E-state index contributed by atoms with van der Waals surface area (Å²) in [6, 6.07) is 0. The van der Waals surface area contributed by atoms with Crippen LogP contribution in [0.2, 0.25) is 0 Å². The molecule has 0 atom stereocenters. The van der Waals surface area contributed by atoms with E-state index in [0.29, 0.717) is 18.4 Å². The Hall–Kier alpha value is -0.920. The van der Waals surface area contributed by atoms with Crippen molar-refractivity contribution < 1.29 is 9.59 Å². The van der Waals surface area contributed by atoms with E-state index in [1.807, 2.05) is 6.92 Å². The zero-order valence-electron chi connectivity index (χ0n) is 6.89. The summed E-state index contributed by atoms with van der Waals surface area (Å²) < 4.78 is 0. The Morgan fingerprint density at radius 2 is 1.73 bits per heavy atom. The third kappa shape index (κ3) is 1.56. The minimum absolute atomic E-state index is 0.0104. The van der Waals surface area contributed by atoms with Gasteiger partial charge >= 0.3 is 0 Å². The van der Waals surface area contributed by atoms with Gasteiger partial charge in [-0.05, 0) is 12.8 Å². The standard InChI is InChI=1S/C9H12O2/c1-3-7-8(10)4-6(2)5-9(7)11/h3,6H,4-5H2,1-2H3. The normalized spacial score (nSPS) is 25.6. The van der Waals surface area contributed by atoms with Crippen molar-refractivity contribution in [2.75, 3.05) is 0 Å². The van der Waals surface area contributed by atoms with Gasteiger partial charge in [-0.25, -0.2) is 0 Å². The largest absolute Gasteiger partial charge is 0.294 e. The summed E-state index contributed by atoms with van der Waals surface area (Å²) in [7, 11) is 0. The van der Waals surface area contributed by atoms with Crippen LogP contribution in [0.4, 0.5) is 0 Å². The first-order valence-corrected chi connectivity index (χ1v) is 3.88. The van der Waals surface area contributed by atoms with E-state index in [-0.39, 0.29) is 17.5 Å². The minimum Gasteiger partial charge on any atom is -0.294 e. The van der Waals surface area contributed by atoms with E-state index >= 15 is 0 Å². The second-order valence-corrected chi connectivity index (χ2v) is 3.06. The first-order chi connectivity index (χ1) is 5.15. The molecule has 0 aromatic carbocycles. The third-order valence-electron chi connectivity index (χ3n) is 1.96. The Labute approximate surface area is 66.3 Å². The van der Waals surface area contributed by atoms with Gasteiger partial charge in [0.15, 0.2) is 11.6 Å². The molecule has 0 aromatic rings. The number of rotatable bonds is 0. The Morgan fingerprint density at radius 1 is 1.27 bits per heavy atom. The van der Waals surface area contributed by atoms with Crippen LogP contribution in [0.15, 0.2) is 11.6 Å². The monoisotopic (exact) mass is 152 g/mol. The fourth-order valence-electron chi connectivity index (χ4n) is 1.40. The van der Waals surface area contributed by atoms with Crippen LogP contribution in [0.1, 0.15) is 26.7 Å². The molecule has 2 nitrogen and oxygen atoms in total. The first-order valence-electron chi connectivity index (χ1n) is 3.88. The third-order valence-corrected chi connectivity index (χ3v) is 1.96. The van der Waals surface area contributed by atoms with Crippen molar-refractivity contribution in [3.8, 4) is 0 Å². The Bertz CT molecular complexity index is 206. The van der Waals surface area contributed by atoms with E-state index in [2.05, 4.69) is 0 Å². The molecule has 0 N–H and O–H groups in total. The Morgan fingerprint density at radius 3 is 2.09 bits per heavy atom. The highest BCUT2D eigenvalue weighted by atomic mass is 16.1. The molecule has 2 heteroatoms. The van der Waals surface area contributed by atoms with Gasteiger partial charge in [-0.1, -0.05) is 13.0 Å². The molecular formula is C9H12O2. The average molecular weight is 152 g/mol. The summed E-state index contributed by atoms with van der Waals surface area (Å²) in [5.74, 6) is 0.256. The van der Waals surface area contributed by atoms with Gasteiger partial charge in [-0.3, -0.25) is 9.59 Å². The summed E-state index contributed by atoms with van der Waals surface area (Å²) in [6.07, 6.45) is 2.69. The molecule has 0 amide bonds. The molecule has 11 heavy (non-hydrogen) atoms. The highest BCUT2D eigenvalue weighted by molar-refractivity contribution is 6.21. The maximum Gasteiger partial charge on any atom is 0.166 e. The fourth-order valence-corrected chi connectivity index (χ4v) is 1.40. The molecule has 1 rings (SSSR count). The van der Waals surface area contributed by atoms with Gasteiger partial charge in [-0.2, -0.15) is 0 Å². The van der Waals surface area contributed by atoms with Crippen molar-refractivity contribution in [3.05, 3.63) is 11.6 Å². The predicted molar refractivity (Wildman–Crippen MR) is 42.2 cm³/mol. The summed E-state index contributed by atoms with van der Waals surface area (Å²) in [6.45, 7) is 3.67. The molecule has 1 fully saturated rings. The SMILES string of the molecule is CC=C1C(=O)CC(C)CC1=O. The van der Waals surface area contributed by atoms with Gasteiger partial charge in [0, 0.05) is 12.8 Å². The topological polar surface area (TPSA) is 34.1 Å². The quantitative estimate of drug-likeness (QED) is 0.389. The van der Waals surface area contributed by atoms with Crippen molar-refractivity contribution in [2.24, 2.45) is 5.92 Å². The van der Waals surface area contributed by atoms with Crippen molar-refractivity contribution in [3.63, 3.8) is 0 Å². The van der Waals surface area contributed by atoms with Crippen LogP contribution in [0.5, 0.6) is 0 Å². The molecule has 0 saturated heterocycles. The molecule has 0 spiro atoms. The Balaban J connectivity index is 2.84. The number of Topliss-reactive ketones (excluding diaryl/α,β-unsaturated/α-hetero) is 2. The van der Waals surface area contributed by atoms with E-state index in [9.17, 15) is 9.59 Å². The molecule has 60 valence electrons. The fraction of sp³-hybridized carbons (Fsp3) is 0.556. The maximum atomic E-state index is 11.2. The van der Waals surface area contributed by atoms with E-state index in [4.69, 9.17) is 0 Å². The molecule has 0 aliphatic heterocycles. The smallest absolute Gasteiger partial charge is 0.166 e. The number of allylic oxidation sites excluding steroid dienone is 2. The molecular weight excluding hydrogens is 140 g/mol. The number of hydrogen-bond acceptors (Lipinski definition) is 2. The van der Waals surface area contributed by atoms with E-state index in [1.54, 1.807) is 13.0 Å². The highest BCUT2D eigenvalue weighted by Crippen LogP contribution is 2.21. The van der Waals surface area contributed by atoms with E-state index in [1.165, 1.54) is 0 Å². The maximum absolute atomic E-state index is 11.2. The molecule has 1 saturated carbocycles. The molecule has 0 bridgehead atoms. The van der Waals surface area contributed by atoms with Crippen LogP contribution < -0.4 is 0 Å². The van der Waals surface area contributed by atoms with Crippen LogP contribution in [0, 0.1) is 5.92 Å². The van der Waals surface area contributed by atoms with Crippen molar-refractivity contribution in [1.82, 2.24) is 0 Å². The first kappa shape index (κ1) is 8.18. The van der Waals surface area contributed by atoms with Crippen LogP contribution in [-0.4, -0.2) is 11.6 Å². The summed E-state index contributed by atoms with van der Waals surface area (Å²) in [4.78, 5) is 22.3. The lowest BCUT2D eigenvalue weighted by molar-refractivity contribution is -0.125. The number of carbonyl (C=O) groups excluding carboxylic acids is 2. The Kier molecular flexibility index (Phi) is 2.22. The van der Waals surface area contributed by atoms with Crippen molar-refractivity contribution in [2.45, 2.75) is 26.7 Å². The van der Waals surface area contributed by atoms with Crippen LogP contribution >= 0.6 is 0 Å². The molecule has 0 aromatic heterocycles. The summed E-state index contributed by atoms with van der Waals surface area (Å²) >= 11 is 0. The molecule has 1 aliphatic rings. The van der Waals surface area contributed by atoms with Gasteiger partial charge in [0.2, 0.25) is 0 Å². The van der Waals surface area contributed by atoms with Crippen molar-refractivity contribution >= 4 is 11.6 Å². The molecule has 0 heterocycles. The summed E-state index contributed by atoms with van der Waals surface area (Å²) in [5.41, 5.74) is 0.406. The van der Waals surface area contributed by atoms with Crippen LogP contribution in [-0.2, 0) is 9.59 Å². The second kappa shape index (κ2) is 2.99. The molecule has 0 radical (unpaired) electrons. The molecule has 0 unspecified atom stereocenters. The van der Waals surface area contributed by atoms with Gasteiger partial charge < -0.3 is 0 Å². The lowest BCUT2D eigenvalue weighted by Crippen LogP contribution is -2.23.